The van der Waals surface area contributed by atoms with E-state index in [1.807, 2.05) is 0 Å². The lowest BCUT2D eigenvalue weighted by molar-refractivity contribution is -0.128. The summed E-state index contributed by atoms with van der Waals surface area (Å²) in [5.41, 5.74) is 0.0112. The molecule has 0 aromatic heterocycles. The van der Waals surface area contributed by atoms with Crippen molar-refractivity contribution >= 4 is 11.7 Å². The van der Waals surface area contributed by atoms with Crippen molar-refractivity contribution in [3.05, 3.63) is 11.3 Å². The highest BCUT2D eigenvalue weighted by molar-refractivity contribution is 6.21. The predicted molar refractivity (Wildman–Crippen MR) is 98.0 cm³/mol. The Bertz CT molecular complexity index is 442. The molecule has 1 heterocycles. The molecule has 0 saturated heterocycles. The first-order chi connectivity index (χ1) is 11.5. The number of hydrogen-bond donors (Lipinski definition) is 1. The van der Waals surface area contributed by atoms with Crippen LogP contribution < -0.4 is 0 Å². The van der Waals surface area contributed by atoms with Gasteiger partial charge in [-0.25, -0.2) is 0 Å². The van der Waals surface area contributed by atoms with Crippen molar-refractivity contribution in [2.75, 3.05) is 7.05 Å². The van der Waals surface area contributed by atoms with Crippen LogP contribution in [0.2, 0.25) is 0 Å². The number of unbranched alkanes of at least 4 members (excludes halogenated alkanes) is 10. The van der Waals surface area contributed by atoms with E-state index in [4.69, 9.17) is 0 Å². The highest BCUT2D eigenvalue weighted by Crippen LogP contribution is 2.24. The van der Waals surface area contributed by atoms with Crippen molar-refractivity contribution in [3.8, 4) is 0 Å². The lowest BCUT2D eigenvalue weighted by Crippen LogP contribution is -2.30. The predicted octanol–water partition coefficient (Wildman–Crippen LogP) is 4.93. The number of carbonyl (C=O) groups is 2. The van der Waals surface area contributed by atoms with Crippen molar-refractivity contribution in [1.29, 1.82) is 0 Å². The molecule has 0 spiro atoms. The first-order valence-corrected chi connectivity index (χ1v) is 9.74. The standard InChI is InChI=1S/C20H35NO3/c1-4-5-6-7-8-9-10-11-12-13-14-15-17(22)18-19(23)16(2)21(3)20(18)24/h16,23H,4-15H2,1-3H3/t16-/m0/s1. The second kappa shape index (κ2) is 11.3. The van der Waals surface area contributed by atoms with E-state index in [-0.39, 0.29) is 29.1 Å². The fraction of sp³-hybridized carbons (Fsp3) is 0.800. The molecule has 24 heavy (non-hydrogen) atoms. The molecule has 0 fully saturated rings. The second-order valence-electron chi connectivity index (χ2n) is 7.06. The maximum absolute atomic E-state index is 12.2. The first-order valence-electron chi connectivity index (χ1n) is 9.74. The van der Waals surface area contributed by atoms with E-state index in [1.54, 1.807) is 14.0 Å². The lowest BCUT2D eigenvalue weighted by Gasteiger charge is -2.14. The number of aliphatic hydroxyl groups excluding tert-OH is 1. The van der Waals surface area contributed by atoms with Crippen LogP contribution in [0.5, 0.6) is 0 Å². The molecule has 0 unspecified atom stereocenters. The minimum atomic E-state index is -0.381. The summed E-state index contributed by atoms with van der Waals surface area (Å²) in [6.45, 7) is 3.97. The summed E-state index contributed by atoms with van der Waals surface area (Å²) < 4.78 is 0. The molecule has 1 aliphatic heterocycles. The van der Waals surface area contributed by atoms with E-state index in [0.29, 0.717) is 6.42 Å². The molecule has 0 radical (unpaired) electrons. The number of amides is 1. The first kappa shape index (κ1) is 20.7. The Hall–Kier alpha value is -1.32. The van der Waals surface area contributed by atoms with E-state index < -0.39 is 0 Å². The Kier molecular flexibility index (Phi) is 9.73. The van der Waals surface area contributed by atoms with Crippen LogP contribution in [0.3, 0.4) is 0 Å². The molecule has 0 aromatic rings. The summed E-state index contributed by atoms with van der Waals surface area (Å²) in [7, 11) is 1.62. The molecule has 138 valence electrons. The molecule has 0 aromatic carbocycles. The van der Waals surface area contributed by atoms with Crippen LogP contribution in [0, 0.1) is 0 Å². The zero-order chi connectivity index (χ0) is 17.9. The summed E-state index contributed by atoms with van der Waals surface area (Å²) in [5, 5.41) is 9.94. The smallest absolute Gasteiger partial charge is 0.261 e. The summed E-state index contributed by atoms with van der Waals surface area (Å²) in [6.07, 6.45) is 13.9. The van der Waals surface area contributed by atoms with Crippen molar-refractivity contribution in [2.24, 2.45) is 0 Å². The van der Waals surface area contributed by atoms with Gasteiger partial charge in [-0.3, -0.25) is 9.59 Å². The van der Waals surface area contributed by atoms with Gasteiger partial charge in [0.05, 0.1) is 6.04 Å². The van der Waals surface area contributed by atoms with Gasteiger partial charge in [0.15, 0.2) is 5.78 Å². The van der Waals surface area contributed by atoms with Crippen LogP contribution in [-0.2, 0) is 9.59 Å². The Labute approximate surface area is 147 Å². The quantitative estimate of drug-likeness (QED) is 0.383. The average molecular weight is 338 g/mol. The number of rotatable bonds is 13. The summed E-state index contributed by atoms with van der Waals surface area (Å²) >= 11 is 0. The molecule has 1 N–H and O–H groups in total. The molecule has 0 saturated carbocycles. The van der Waals surface area contributed by atoms with E-state index in [1.165, 1.54) is 56.3 Å². The van der Waals surface area contributed by atoms with Crippen LogP contribution in [0.15, 0.2) is 11.3 Å². The fourth-order valence-corrected chi connectivity index (χ4v) is 3.19. The average Bonchev–Trinajstić information content (AvgIpc) is 2.76. The summed E-state index contributed by atoms with van der Waals surface area (Å²) in [6, 6.07) is -0.381. The number of ketones is 1. The van der Waals surface area contributed by atoms with Crippen LogP contribution in [0.1, 0.15) is 90.9 Å². The third kappa shape index (κ3) is 6.29. The van der Waals surface area contributed by atoms with Gasteiger partial charge in [0.2, 0.25) is 0 Å². The minimum absolute atomic E-state index is 0.0112. The number of nitrogens with zero attached hydrogens (tertiary/aromatic N) is 1. The second-order valence-corrected chi connectivity index (χ2v) is 7.06. The Morgan fingerprint density at radius 2 is 1.42 bits per heavy atom. The lowest BCUT2D eigenvalue weighted by atomic mass is 10.0. The van der Waals surface area contributed by atoms with Gasteiger partial charge in [-0.1, -0.05) is 71.1 Å². The fourth-order valence-electron chi connectivity index (χ4n) is 3.19. The van der Waals surface area contributed by atoms with Gasteiger partial charge in [-0.05, 0) is 13.3 Å². The van der Waals surface area contributed by atoms with Crippen LogP contribution in [0.4, 0.5) is 0 Å². The number of carbonyl (C=O) groups excluding carboxylic acids is 2. The molecular formula is C20H35NO3. The normalized spacial score (nSPS) is 17.9. The van der Waals surface area contributed by atoms with Crippen LogP contribution in [-0.4, -0.2) is 34.8 Å². The number of Topliss-reactive ketones (excluding diaryl/α,β-unsaturated/α-hetero) is 1. The van der Waals surface area contributed by atoms with Crippen LogP contribution in [0.25, 0.3) is 0 Å². The minimum Gasteiger partial charge on any atom is -0.509 e. The largest absolute Gasteiger partial charge is 0.509 e. The molecule has 4 nitrogen and oxygen atoms in total. The Morgan fingerprint density at radius 1 is 0.958 bits per heavy atom. The van der Waals surface area contributed by atoms with E-state index >= 15 is 0 Å². The maximum Gasteiger partial charge on any atom is 0.261 e. The number of hydrogen-bond acceptors (Lipinski definition) is 3. The van der Waals surface area contributed by atoms with Crippen molar-refractivity contribution in [1.82, 2.24) is 4.90 Å². The monoisotopic (exact) mass is 337 g/mol. The summed E-state index contributed by atoms with van der Waals surface area (Å²) in [5.74, 6) is -0.603. The Morgan fingerprint density at radius 3 is 1.83 bits per heavy atom. The van der Waals surface area contributed by atoms with E-state index in [0.717, 1.165) is 19.3 Å². The SMILES string of the molecule is CCCCCCCCCCCCCC(=O)C1=C(O)[C@H](C)N(C)C1=O. The zero-order valence-electron chi connectivity index (χ0n) is 15.8. The highest BCUT2D eigenvalue weighted by Gasteiger charge is 2.37. The van der Waals surface area contributed by atoms with Gasteiger partial charge >= 0.3 is 0 Å². The van der Waals surface area contributed by atoms with Gasteiger partial charge in [-0.2, -0.15) is 0 Å². The summed E-state index contributed by atoms with van der Waals surface area (Å²) in [4.78, 5) is 25.5. The van der Waals surface area contributed by atoms with Crippen molar-refractivity contribution in [3.63, 3.8) is 0 Å². The third-order valence-corrected chi connectivity index (χ3v) is 5.05. The van der Waals surface area contributed by atoms with E-state index in [2.05, 4.69) is 6.92 Å². The van der Waals surface area contributed by atoms with Crippen LogP contribution >= 0.6 is 0 Å². The molecule has 1 aliphatic rings. The topological polar surface area (TPSA) is 57.6 Å². The molecule has 0 aliphatic carbocycles. The molecular weight excluding hydrogens is 302 g/mol. The molecule has 0 bridgehead atoms. The highest BCUT2D eigenvalue weighted by atomic mass is 16.3. The molecule has 1 atom stereocenters. The number of aliphatic hydroxyl groups is 1. The van der Waals surface area contributed by atoms with Gasteiger partial charge < -0.3 is 10.0 Å². The van der Waals surface area contributed by atoms with Crippen molar-refractivity contribution < 1.29 is 14.7 Å². The molecule has 1 amide bonds. The Balaban J connectivity index is 2.07. The maximum atomic E-state index is 12.2. The molecule has 4 heteroatoms. The zero-order valence-corrected chi connectivity index (χ0v) is 15.8. The third-order valence-electron chi connectivity index (χ3n) is 5.05. The van der Waals surface area contributed by atoms with Gasteiger partial charge in [0.1, 0.15) is 11.3 Å². The number of likely N-dealkylation sites (N-methyl/N-ethyl adjacent to an activating group) is 1. The van der Waals surface area contributed by atoms with Gasteiger partial charge in [-0.15, -0.1) is 0 Å². The van der Waals surface area contributed by atoms with Crippen molar-refractivity contribution in [2.45, 2.75) is 96.9 Å². The van der Waals surface area contributed by atoms with Gasteiger partial charge in [0, 0.05) is 13.5 Å². The van der Waals surface area contributed by atoms with E-state index in [9.17, 15) is 14.7 Å². The van der Waals surface area contributed by atoms with Gasteiger partial charge in [0.25, 0.3) is 5.91 Å². The molecule has 1 rings (SSSR count).